The van der Waals surface area contributed by atoms with Gasteiger partial charge in [0.05, 0.1) is 29.6 Å². The molecule has 0 bridgehead atoms. The number of rotatable bonds is 10. The number of H-pyrrole nitrogens is 1. The number of aliphatic hydroxyl groups is 1. The van der Waals surface area contributed by atoms with Crippen molar-refractivity contribution in [3.63, 3.8) is 0 Å². The lowest BCUT2D eigenvalue weighted by Gasteiger charge is -2.47. The highest BCUT2D eigenvalue weighted by Crippen LogP contribution is 2.33. The predicted octanol–water partition coefficient (Wildman–Crippen LogP) is 4.33. The van der Waals surface area contributed by atoms with Gasteiger partial charge >= 0.3 is 4.87 Å². The topological polar surface area (TPSA) is 131 Å². The number of carbonyl (C=O) groups is 1. The highest BCUT2D eigenvalue weighted by Gasteiger charge is 2.41. The van der Waals surface area contributed by atoms with E-state index in [1.165, 1.54) is 6.07 Å². The molecule has 2 aliphatic rings. The number of pyridine rings is 1. The first-order chi connectivity index (χ1) is 22.6. The molecule has 2 aromatic carbocycles. The number of nitrogens with one attached hydrogen (secondary N) is 2. The summed E-state index contributed by atoms with van der Waals surface area (Å²) in [6.45, 7) is 8.34. The number of aromatic amines is 1. The van der Waals surface area contributed by atoms with Crippen molar-refractivity contribution in [3.8, 4) is 5.75 Å². The van der Waals surface area contributed by atoms with E-state index in [1.807, 2.05) is 29.2 Å². The molecule has 12 heteroatoms. The number of fused-ring (bicyclic) bond motifs is 1. The number of hydrogen-bond acceptors (Lipinski definition) is 9. The third-order valence-corrected chi connectivity index (χ3v) is 10.2. The van der Waals surface area contributed by atoms with Gasteiger partial charge in [0.1, 0.15) is 22.8 Å². The second kappa shape index (κ2) is 14.2. The molecule has 2 aliphatic heterocycles. The van der Waals surface area contributed by atoms with Crippen LogP contribution >= 0.6 is 11.3 Å². The monoisotopic (exact) mass is 663 g/mol. The fourth-order valence-electron chi connectivity index (χ4n) is 6.56. The van der Waals surface area contributed by atoms with E-state index in [0.29, 0.717) is 71.8 Å². The van der Waals surface area contributed by atoms with Crippen molar-refractivity contribution < 1.29 is 24.1 Å². The standard InChI is InChI=1S/C35H42FN5O5S/c1-22(2)26-7-4-8-27(38-26)33(44)41-17-18-46-35(21-41)12-15-40(16-13-35)20-24-6-3-5-23(30(24)36)11-14-37-19-29(43)25-9-10-28(42)31-32(25)47-34(45)39-31/h3-10,22,29,37,42-43H,11-21H2,1-2H3,(H,39,45)/t29-/m0/s1. The van der Waals surface area contributed by atoms with Crippen molar-refractivity contribution >= 4 is 27.5 Å². The fraction of sp³-hybridized carbons (Fsp3) is 0.457. The molecule has 0 saturated carbocycles. The Morgan fingerprint density at radius 1 is 1.13 bits per heavy atom. The molecule has 1 amide bonds. The molecule has 250 valence electrons. The molecule has 6 rings (SSSR count). The van der Waals surface area contributed by atoms with E-state index in [9.17, 15) is 19.8 Å². The first kappa shape index (κ1) is 33.2. The summed E-state index contributed by atoms with van der Waals surface area (Å²) in [5.74, 6) is -0.0649. The van der Waals surface area contributed by atoms with Gasteiger partial charge in [0, 0.05) is 49.5 Å². The van der Waals surface area contributed by atoms with E-state index in [4.69, 9.17) is 4.74 Å². The van der Waals surface area contributed by atoms with Crippen LogP contribution in [-0.4, -0.2) is 87.4 Å². The minimum Gasteiger partial charge on any atom is -0.506 e. The lowest BCUT2D eigenvalue weighted by atomic mass is 9.89. The van der Waals surface area contributed by atoms with Gasteiger partial charge in [0.15, 0.2) is 0 Å². The first-order valence-corrected chi connectivity index (χ1v) is 17.1. The van der Waals surface area contributed by atoms with Crippen LogP contribution in [0.3, 0.4) is 0 Å². The van der Waals surface area contributed by atoms with Crippen LogP contribution in [0.4, 0.5) is 4.39 Å². The fourth-order valence-corrected chi connectivity index (χ4v) is 7.47. The van der Waals surface area contributed by atoms with Crippen LogP contribution in [0, 0.1) is 5.82 Å². The zero-order valence-electron chi connectivity index (χ0n) is 26.8. The van der Waals surface area contributed by atoms with Crippen LogP contribution in [0.5, 0.6) is 5.75 Å². The number of carbonyl (C=O) groups excluding carboxylic acids is 1. The normalized spacial score (nSPS) is 17.5. The van der Waals surface area contributed by atoms with Gasteiger partial charge in [-0.1, -0.05) is 55.5 Å². The third kappa shape index (κ3) is 7.42. The zero-order chi connectivity index (χ0) is 33.1. The van der Waals surface area contributed by atoms with E-state index in [-0.39, 0.29) is 34.8 Å². The van der Waals surface area contributed by atoms with Crippen molar-refractivity contribution in [1.82, 2.24) is 25.1 Å². The predicted molar refractivity (Wildman–Crippen MR) is 179 cm³/mol. The molecule has 4 N–H and O–H groups in total. The molecular formula is C35H42FN5O5S. The molecular weight excluding hydrogens is 621 g/mol. The van der Waals surface area contributed by atoms with E-state index >= 15 is 4.39 Å². The van der Waals surface area contributed by atoms with Crippen LogP contribution in [0.15, 0.2) is 53.3 Å². The summed E-state index contributed by atoms with van der Waals surface area (Å²) < 4.78 is 22.4. The van der Waals surface area contributed by atoms with E-state index in [2.05, 4.69) is 34.0 Å². The number of thiazole rings is 1. The summed E-state index contributed by atoms with van der Waals surface area (Å²) in [6, 6.07) is 14.2. The number of phenols is 1. The maximum atomic E-state index is 15.6. The van der Waals surface area contributed by atoms with Crippen LogP contribution in [0.2, 0.25) is 0 Å². The Bertz CT molecular complexity index is 1780. The third-order valence-electron chi connectivity index (χ3n) is 9.29. The average Bonchev–Trinajstić information content (AvgIpc) is 3.47. The molecule has 4 heterocycles. The van der Waals surface area contributed by atoms with E-state index in [1.54, 1.807) is 18.2 Å². The Kier molecular flexibility index (Phi) is 10.0. The number of ether oxygens (including phenoxy) is 1. The van der Waals surface area contributed by atoms with Crippen LogP contribution in [0.1, 0.15) is 71.6 Å². The summed E-state index contributed by atoms with van der Waals surface area (Å²) in [5, 5.41) is 23.9. The number of nitrogens with zero attached hydrogens (tertiary/aromatic N) is 3. The van der Waals surface area contributed by atoms with Crippen molar-refractivity contribution in [2.45, 2.75) is 57.3 Å². The lowest BCUT2D eigenvalue weighted by molar-refractivity contribution is -0.128. The van der Waals surface area contributed by atoms with Crippen LogP contribution in [0.25, 0.3) is 10.2 Å². The molecule has 0 aliphatic carbocycles. The minimum atomic E-state index is -0.894. The Hall–Kier alpha value is -3.68. The largest absolute Gasteiger partial charge is 0.506 e. The Labute approximate surface area is 277 Å². The number of aromatic hydroxyl groups is 1. The van der Waals surface area contributed by atoms with E-state index < -0.39 is 11.7 Å². The second-order valence-electron chi connectivity index (χ2n) is 12.9. The molecule has 47 heavy (non-hydrogen) atoms. The summed E-state index contributed by atoms with van der Waals surface area (Å²) in [7, 11) is 0. The highest BCUT2D eigenvalue weighted by atomic mass is 32.1. The number of halogens is 1. The minimum absolute atomic E-state index is 0.0381. The number of aliphatic hydroxyl groups excluding tert-OH is 1. The Balaban J connectivity index is 0.998. The number of likely N-dealkylation sites (tertiary alicyclic amines) is 1. The molecule has 0 radical (unpaired) electrons. The van der Waals surface area contributed by atoms with Crippen molar-refractivity contribution in [2.75, 3.05) is 45.9 Å². The molecule has 1 spiro atoms. The summed E-state index contributed by atoms with van der Waals surface area (Å²) >= 11 is 0.945. The maximum absolute atomic E-state index is 15.6. The molecule has 2 saturated heterocycles. The Morgan fingerprint density at radius 3 is 2.68 bits per heavy atom. The SMILES string of the molecule is CC(C)c1cccc(C(=O)N2CCOC3(CCN(Cc4cccc(CCNC[C@H](O)c5ccc(O)c6[nH]c(=O)sc56)c4F)CC3)C2)n1. The molecule has 4 aromatic rings. The number of piperidine rings is 1. The molecule has 1 atom stereocenters. The first-order valence-electron chi connectivity index (χ1n) is 16.2. The van der Waals surface area contributed by atoms with Gasteiger partial charge in [-0.15, -0.1) is 0 Å². The van der Waals surface area contributed by atoms with Crippen LogP contribution in [-0.2, 0) is 17.7 Å². The quantitative estimate of drug-likeness (QED) is 0.185. The summed E-state index contributed by atoms with van der Waals surface area (Å²) in [4.78, 5) is 36.1. The van der Waals surface area contributed by atoms with Gasteiger partial charge in [0.2, 0.25) is 0 Å². The number of morpholine rings is 1. The summed E-state index contributed by atoms with van der Waals surface area (Å²) in [5.41, 5.74) is 3.10. The average molecular weight is 664 g/mol. The van der Waals surface area contributed by atoms with Crippen molar-refractivity contribution in [1.29, 1.82) is 0 Å². The van der Waals surface area contributed by atoms with Crippen LogP contribution < -0.4 is 10.2 Å². The Morgan fingerprint density at radius 2 is 1.89 bits per heavy atom. The second-order valence-corrected chi connectivity index (χ2v) is 13.9. The number of amides is 1. The van der Waals surface area contributed by atoms with E-state index in [0.717, 1.165) is 43.0 Å². The zero-order valence-corrected chi connectivity index (χ0v) is 27.6. The van der Waals surface area contributed by atoms with Gasteiger partial charge in [0.25, 0.3) is 5.91 Å². The van der Waals surface area contributed by atoms with Crippen molar-refractivity contribution in [3.05, 3.63) is 92.1 Å². The van der Waals surface area contributed by atoms with Crippen molar-refractivity contribution in [2.24, 2.45) is 0 Å². The smallest absolute Gasteiger partial charge is 0.305 e. The molecule has 0 unspecified atom stereocenters. The molecule has 2 aromatic heterocycles. The van der Waals surface area contributed by atoms with Gasteiger partial charge in [-0.2, -0.15) is 0 Å². The number of phenolic OH excluding ortho intramolecular Hbond substituents is 1. The van der Waals surface area contributed by atoms with Gasteiger partial charge in [-0.3, -0.25) is 14.5 Å². The van der Waals surface area contributed by atoms with Gasteiger partial charge in [-0.05, 0) is 55.5 Å². The lowest BCUT2D eigenvalue weighted by Crippen LogP contribution is -2.58. The molecule has 2 fully saturated rings. The highest BCUT2D eigenvalue weighted by molar-refractivity contribution is 7.16. The number of aromatic nitrogens is 2. The van der Waals surface area contributed by atoms with Gasteiger partial charge in [-0.25, -0.2) is 9.37 Å². The number of hydrogen-bond donors (Lipinski definition) is 4. The molecule has 10 nitrogen and oxygen atoms in total. The van der Waals surface area contributed by atoms with Gasteiger partial charge < -0.3 is 30.2 Å². The summed E-state index contributed by atoms with van der Waals surface area (Å²) in [6.07, 6.45) is 1.08. The maximum Gasteiger partial charge on any atom is 0.305 e. The number of benzene rings is 2.